The van der Waals surface area contributed by atoms with E-state index in [1.54, 1.807) is 13.1 Å². The van der Waals surface area contributed by atoms with Crippen molar-refractivity contribution in [3.05, 3.63) is 48.2 Å². The fraction of sp³-hybridized carbons (Fsp3) is 0.176. The monoisotopic (exact) mass is 354 g/mol. The molecule has 0 unspecified atom stereocenters. The molecule has 0 bridgehead atoms. The van der Waals surface area contributed by atoms with Crippen LogP contribution in [0.4, 0.5) is 15.4 Å². The molecule has 3 rings (SSSR count). The SMILES string of the molecule is C[C@@H](NC(=O)Nc1cc2c(cn1)c(OC(N)=O)nn2C)c1ccccc1. The molecule has 0 aliphatic carbocycles. The number of hydrogen-bond acceptors (Lipinski definition) is 5. The molecule has 1 atom stereocenters. The maximum atomic E-state index is 12.2. The summed E-state index contributed by atoms with van der Waals surface area (Å²) in [5.41, 5.74) is 6.64. The summed E-state index contributed by atoms with van der Waals surface area (Å²) in [6.07, 6.45) is 0.498. The predicted molar refractivity (Wildman–Crippen MR) is 95.7 cm³/mol. The molecule has 26 heavy (non-hydrogen) atoms. The van der Waals surface area contributed by atoms with Gasteiger partial charge in [-0.15, -0.1) is 5.10 Å². The number of amides is 3. The van der Waals surface area contributed by atoms with Crippen LogP contribution in [0.15, 0.2) is 42.6 Å². The van der Waals surface area contributed by atoms with Gasteiger partial charge in [-0.1, -0.05) is 30.3 Å². The zero-order valence-electron chi connectivity index (χ0n) is 14.3. The first-order valence-corrected chi connectivity index (χ1v) is 7.86. The zero-order valence-corrected chi connectivity index (χ0v) is 14.3. The van der Waals surface area contributed by atoms with Gasteiger partial charge in [-0.05, 0) is 12.5 Å². The summed E-state index contributed by atoms with van der Waals surface area (Å²) in [5.74, 6) is 0.403. The van der Waals surface area contributed by atoms with E-state index in [1.807, 2.05) is 37.3 Å². The third kappa shape index (κ3) is 3.72. The summed E-state index contributed by atoms with van der Waals surface area (Å²) >= 11 is 0. The number of anilines is 1. The molecule has 134 valence electrons. The molecular formula is C17H18N6O3. The number of carbonyl (C=O) groups is 2. The summed E-state index contributed by atoms with van der Waals surface area (Å²) in [7, 11) is 1.68. The van der Waals surface area contributed by atoms with Gasteiger partial charge in [0.25, 0.3) is 5.88 Å². The lowest BCUT2D eigenvalue weighted by Crippen LogP contribution is -2.31. The number of aromatic nitrogens is 3. The second-order valence-electron chi connectivity index (χ2n) is 5.67. The molecule has 2 aromatic heterocycles. The van der Waals surface area contributed by atoms with E-state index in [0.29, 0.717) is 16.7 Å². The molecule has 1 aromatic carbocycles. The van der Waals surface area contributed by atoms with E-state index < -0.39 is 6.09 Å². The van der Waals surface area contributed by atoms with Crippen LogP contribution < -0.4 is 21.1 Å². The average Bonchev–Trinajstić information content (AvgIpc) is 2.90. The van der Waals surface area contributed by atoms with E-state index in [2.05, 4.69) is 20.7 Å². The third-order valence-electron chi connectivity index (χ3n) is 3.79. The van der Waals surface area contributed by atoms with Crippen LogP contribution in [0.25, 0.3) is 10.9 Å². The fourth-order valence-electron chi connectivity index (χ4n) is 2.53. The van der Waals surface area contributed by atoms with Gasteiger partial charge in [0.2, 0.25) is 0 Å². The number of pyridine rings is 1. The van der Waals surface area contributed by atoms with Gasteiger partial charge in [-0.2, -0.15) is 0 Å². The van der Waals surface area contributed by atoms with Crippen LogP contribution in [-0.4, -0.2) is 26.9 Å². The van der Waals surface area contributed by atoms with Crippen molar-refractivity contribution in [3.63, 3.8) is 0 Å². The standard InChI is InChI=1S/C17H18N6O3/c1-10(11-6-4-3-5-7-11)20-17(25)21-14-8-13-12(9-19-14)15(22-23(13)2)26-16(18)24/h3-10H,1-2H3,(H2,18,24)(H2,19,20,21,25)/t10-/m1/s1. The number of carbonyl (C=O) groups excluding carboxylic acids is 2. The molecule has 0 aliphatic rings. The van der Waals surface area contributed by atoms with Gasteiger partial charge in [0, 0.05) is 19.3 Å². The minimum Gasteiger partial charge on any atom is -0.389 e. The van der Waals surface area contributed by atoms with Crippen molar-refractivity contribution in [3.8, 4) is 5.88 Å². The Morgan fingerprint density at radius 3 is 2.69 bits per heavy atom. The number of nitrogens with two attached hydrogens (primary N) is 1. The third-order valence-corrected chi connectivity index (χ3v) is 3.79. The molecular weight excluding hydrogens is 336 g/mol. The molecule has 9 heteroatoms. The van der Waals surface area contributed by atoms with Gasteiger partial charge in [0.15, 0.2) is 0 Å². The highest BCUT2D eigenvalue weighted by Crippen LogP contribution is 2.25. The number of nitrogens with one attached hydrogen (secondary N) is 2. The Labute approximate surface area is 149 Å². The Balaban J connectivity index is 1.73. The average molecular weight is 354 g/mol. The van der Waals surface area contributed by atoms with Crippen LogP contribution in [0.1, 0.15) is 18.5 Å². The molecule has 3 amide bonds. The van der Waals surface area contributed by atoms with Crippen LogP contribution in [0.5, 0.6) is 5.88 Å². The molecule has 0 aliphatic heterocycles. The second-order valence-corrected chi connectivity index (χ2v) is 5.67. The Bertz CT molecular complexity index is 954. The highest BCUT2D eigenvalue weighted by atomic mass is 16.6. The van der Waals surface area contributed by atoms with E-state index in [-0.39, 0.29) is 18.0 Å². The van der Waals surface area contributed by atoms with Crippen molar-refractivity contribution in [2.24, 2.45) is 12.8 Å². The second kappa shape index (κ2) is 7.09. The molecule has 3 aromatic rings. The number of rotatable bonds is 4. The number of benzene rings is 1. The zero-order chi connectivity index (χ0) is 18.7. The number of aryl methyl sites for hydroxylation is 1. The van der Waals surface area contributed by atoms with Crippen LogP contribution in [-0.2, 0) is 7.05 Å². The van der Waals surface area contributed by atoms with Crippen molar-refractivity contribution in [2.75, 3.05) is 5.32 Å². The van der Waals surface area contributed by atoms with Gasteiger partial charge in [0.1, 0.15) is 5.82 Å². The van der Waals surface area contributed by atoms with Gasteiger partial charge in [-0.3, -0.25) is 10.00 Å². The van der Waals surface area contributed by atoms with Crippen molar-refractivity contribution >= 4 is 28.8 Å². The Morgan fingerprint density at radius 1 is 1.27 bits per heavy atom. The number of ether oxygens (including phenoxy) is 1. The van der Waals surface area contributed by atoms with E-state index in [9.17, 15) is 9.59 Å². The lowest BCUT2D eigenvalue weighted by molar-refractivity contribution is 0.209. The minimum atomic E-state index is -0.957. The Hall–Kier alpha value is -3.62. The summed E-state index contributed by atoms with van der Waals surface area (Å²) in [4.78, 5) is 27.3. The molecule has 0 saturated carbocycles. The molecule has 4 N–H and O–H groups in total. The van der Waals surface area contributed by atoms with E-state index >= 15 is 0 Å². The number of hydrogen-bond donors (Lipinski definition) is 3. The van der Waals surface area contributed by atoms with Crippen molar-refractivity contribution in [2.45, 2.75) is 13.0 Å². The van der Waals surface area contributed by atoms with E-state index in [1.165, 1.54) is 10.9 Å². The van der Waals surface area contributed by atoms with Gasteiger partial charge in [0.05, 0.1) is 16.9 Å². The van der Waals surface area contributed by atoms with Gasteiger partial charge < -0.3 is 15.8 Å². The first kappa shape index (κ1) is 17.2. The van der Waals surface area contributed by atoms with Gasteiger partial charge in [-0.25, -0.2) is 14.6 Å². The van der Waals surface area contributed by atoms with Crippen LogP contribution in [0, 0.1) is 0 Å². The quantitative estimate of drug-likeness (QED) is 0.663. The van der Waals surface area contributed by atoms with Crippen LogP contribution >= 0.6 is 0 Å². The molecule has 2 heterocycles. The van der Waals surface area contributed by atoms with Crippen molar-refractivity contribution in [1.29, 1.82) is 0 Å². The molecule has 0 spiro atoms. The summed E-state index contributed by atoms with van der Waals surface area (Å²) in [6, 6.07) is 10.7. The first-order valence-electron chi connectivity index (χ1n) is 7.86. The van der Waals surface area contributed by atoms with E-state index in [0.717, 1.165) is 5.56 Å². The number of urea groups is 1. The van der Waals surface area contributed by atoms with Crippen LogP contribution in [0.2, 0.25) is 0 Å². The smallest absolute Gasteiger partial charge is 0.389 e. The van der Waals surface area contributed by atoms with Crippen molar-refractivity contribution < 1.29 is 14.3 Å². The topological polar surface area (TPSA) is 124 Å². The summed E-state index contributed by atoms with van der Waals surface area (Å²) in [6.45, 7) is 1.89. The minimum absolute atomic E-state index is 0.0659. The van der Waals surface area contributed by atoms with Crippen LogP contribution in [0.3, 0.4) is 0 Å². The molecule has 9 nitrogen and oxygen atoms in total. The maximum absolute atomic E-state index is 12.2. The number of primary amides is 1. The molecule has 0 saturated heterocycles. The Kier molecular flexibility index (Phi) is 4.70. The predicted octanol–water partition coefficient (Wildman–Crippen LogP) is 2.31. The Morgan fingerprint density at radius 2 is 2.00 bits per heavy atom. The normalized spacial score (nSPS) is 11.8. The summed E-state index contributed by atoms with van der Waals surface area (Å²) < 4.78 is 6.34. The highest BCUT2D eigenvalue weighted by molar-refractivity contribution is 5.92. The lowest BCUT2D eigenvalue weighted by atomic mass is 10.1. The largest absolute Gasteiger partial charge is 0.411 e. The van der Waals surface area contributed by atoms with Crippen molar-refractivity contribution in [1.82, 2.24) is 20.1 Å². The number of nitrogens with zero attached hydrogens (tertiary/aromatic N) is 3. The maximum Gasteiger partial charge on any atom is 0.411 e. The lowest BCUT2D eigenvalue weighted by Gasteiger charge is -2.14. The van der Waals surface area contributed by atoms with E-state index in [4.69, 9.17) is 10.5 Å². The molecule has 0 fully saturated rings. The summed E-state index contributed by atoms with van der Waals surface area (Å²) in [5, 5.41) is 10.1. The number of fused-ring (bicyclic) bond motifs is 1. The molecule has 0 radical (unpaired) electrons. The fourth-order valence-corrected chi connectivity index (χ4v) is 2.53. The highest BCUT2D eigenvalue weighted by Gasteiger charge is 2.15. The first-order chi connectivity index (χ1) is 12.4. The van der Waals surface area contributed by atoms with Gasteiger partial charge >= 0.3 is 12.1 Å².